The van der Waals surface area contributed by atoms with Crippen molar-refractivity contribution >= 4 is 6.09 Å². The summed E-state index contributed by atoms with van der Waals surface area (Å²) in [5, 5.41) is 7.17. The van der Waals surface area contributed by atoms with Gasteiger partial charge in [-0.2, -0.15) is 5.10 Å². The number of alkyl halides is 2. The van der Waals surface area contributed by atoms with Crippen molar-refractivity contribution in [3.8, 4) is 0 Å². The van der Waals surface area contributed by atoms with Gasteiger partial charge in [-0.25, -0.2) is 13.6 Å². The van der Waals surface area contributed by atoms with Crippen LogP contribution >= 0.6 is 0 Å². The number of carbonyl (C=O) groups is 1. The van der Waals surface area contributed by atoms with E-state index in [1.54, 1.807) is 11.1 Å². The Morgan fingerprint density at radius 2 is 1.91 bits per heavy atom. The molecule has 1 saturated heterocycles. The molecule has 1 N–H and O–H groups in total. The molecule has 2 fully saturated rings. The molecule has 1 aromatic heterocycles. The molecule has 0 bridgehead atoms. The number of nitrogens with zero attached hydrogens (tertiary/aromatic N) is 2. The van der Waals surface area contributed by atoms with Crippen LogP contribution in [0.1, 0.15) is 68.5 Å². The molecule has 1 saturated carbocycles. The largest absolute Gasteiger partial charge is 0.440 e. The maximum Gasteiger partial charge on any atom is 0.410 e. The first-order valence-corrected chi connectivity index (χ1v) is 11.9. The van der Waals surface area contributed by atoms with Gasteiger partial charge < -0.3 is 14.4 Å². The zero-order valence-electron chi connectivity index (χ0n) is 19.0. The Morgan fingerprint density at radius 1 is 1.15 bits per heavy atom. The topological polar surface area (TPSA) is 67.5 Å². The van der Waals surface area contributed by atoms with Gasteiger partial charge in [0.15, 0.2) is 6.10 Å². The molecule has 1 aliphatic heterocycles. The van der Waals surface area contributed by atoms with Crippen molar-refractivity contribution in [2.24, 2.45) is 0 Å². The summed E-state index contributed by atoms with van der Waals surface area (Å²) in [6, 6.07) is 12.2. The Hall–Kier alpha value is -2.48. The highest BCUT2D eigenvalue weighted by molar-refractivity contribution is 5.68. The van der Waals surface area contributed by atoms with Gasteiger partial charge in [0.1, 0.15) is 0 Å². The average Bonchev–Trinajstić information content (AvgIpc) is 3.38. The van der Waals surface area contributed by atoms with Crippen LogP contribution in [0.3, 0.4) is 0 Å². The van der Waals surface area contributed by atoms with E-state index in [1.807, 2.05) is 12.1 Å². The summed E-state index contributed by atoms with van der Waals surface area (Å²) in [4.78, 5) is 14.3. The number of nitrogens with one attached hydrogen (secondary N) is 1. The average molecular weight is 462 g/mol. The fraction of sp³-hybridized carbons (Fsp3) is 0.600. The number of hydrogen-bond donors (Lipinski definition) is 1. The summed E-state index contributed by atoms with van der Waals surface area (Å²) in [5.74, 6) is 0.528. The number of H-pyrrole nitrogens is 1. The predicted octanol–water partition coefficient (Wildman–Crippen LogP) is 5.49. The van der Waals surface area contributed by atoms with Gasteiger partial charge in [0.25, 0.3) is 6.43 Å². The lowest BCUT2D eigenvalue weighted by molar-refractivity contribution is -0.0493. The van der Waals surface area contributed by atoms with Crippen LogP contribution < -0.4 is 0 Å². The van der Waals surface area contributed by atoms with E-state index >= 15 is 0 Å². The first-order chi connectivity index (χ1) is 16.0. The minimum Gasteiger partial charge on any atom is -0.440 e. The van der Waals surface area contributed by atoms with Crippen LogP contribution in [0.4, 0.5) is 13.6 Å². The molecule has 1 amide bonds. The van der Waals surface area contributed by atoms with Gasteiger partial charge in [-0.3, -0.25) is 5.10 Å². The highest BCUT2D eigenvalue weighted by Gasteiger charge is 2.39. The summed E-state index contributed by atoms with van der Waals surface area (Å²) >= 11 is 0. The second-order valence-electron chi connectivity index (χ2n) is 9.15. The lowest BCUT2D eigenvalue weighted by Crippen LogP contribution is -2.51. The number of piperidine rings is 1. The number of hydrogen-bond acceptors (Lipinski definition) is 4. The van der Waals surface area contributed by atoms with Crippen molar-refractivity contribution in [2.45, 2.75) is 82.0 Å². The van der Waals surface area contributed by atoms with Gasteiger partial charge in [0.05, 0.1) is 24.4 Å². The van der Waals surface area contributed by atoms with Crippen LogP contribution in [0.25, 0.3) is 0 Å². The molecule has 2 aliphatic rings. The molecule has 3 atom stereocenters. The van der Waals surface area contributed by atoms with E-state index in [1.165, 1.54) is 12.5 Å². The summed E-state index contributed by atoms with van der Waals surface area (Å²) < 4.78 is 37.3. The number of rotatable bonds is 7. The molecule has 2 aromatic rings. The monoisotopic (exact) mass is 461 g/mol. The van der Waals surface area contributed by atoms with Gasteiger partial charge in [0.2, 0.25) is 0 Å². The Bertz CT molecular complexity index is 857. The van der Waals surface area contributed by atoms with E-state index in [-0.39, 0.29) is 18.1 Å². The first kappa shape index (κ1) is 23.7. The number of benzene rings is 1. The van der Waals surface area contributed by atoms with Gasteiger partial charge in [0, 0.05) is 18.7 Å². The van der Waals surface area contributed by atoms with Crippen LogP contribution in [0.2, 0.25) is 0 Å². The van der Waals surface area contributed by atoms with Gasteiger partial charge in [-0.05, 0) is 63.0 Å². The number of carbonyl (C=O) groups excluding carboxylic acids is 1. The van der Waals surface area contributed by atoms with Gasteiger partial charge >= 0.3 is 6.09 Å². The van der Waals surface area contributed by atoms with Crippen LogP contribution in [0, 0.1) is 0 Å². The van der Waals surface area contributed by atoms with E-state index < -0.39 is 18.6 Å². The molecule has 0 spiro atoms. The fourth-order valence-corrected chi connectivity index (χ4v) is 5.11. The van der Waals surface area contributed by atoms with Crippen molar-refractivity contribution < 1.29 is 23.0 Å². The van der Waals surface area contributed by atoms with Crippen LogP contribution in [-0.2, 0) is 9.47 Å². The number of ether oxygens (including phenoxy) is 2. The van der Waals surface area contributed by atoms with E-state index in [0.717, 1.165) is 44.2 Å². The third-order valence-corrected chi connectivity index (χ3v) is 7.01. The predicted molar refractivity (Wildman–Crippen MR) is 120 cm³/mol. The zero-order valence-corrected chi connectivity index (χ0v) is 19.0. The van der Waals surface area contributed by atoms with Crippen molar-refractivity contribution in [1.82, 2.24) is 15.1 Å². The minimum atomic E-state index is -2.71. The number of amides is 1. The quantitative estimate of drug-likeness (QED) is 0.592. The van der Waals surface area contributed by atoms with Crippen LogP contribution in [-0.4, -0.2) is 59.0 Å². The summed E-state index contributed by atoms with van der Waals surface area (Å²) in [6.07, 6.45) is 2.71. The Kier molecular flexibility index (Phi) is 7.96. The molecular formula is C25H33F2N3O3. The van der Waals surface area contributed by atoms with Crippen molar-refractivity contribution in [3.63, 3.8) is 0 Å². The number of likely N-dealkylation sites (tertiary alicyclic amines) is 1. The molecule has 1 unspecified atom stereocenters. The molecule has 2 heterocycles. The summed E-state index contributed by atoms with van der Waals surface area (Å²) in [6.45, 7) is 2.02. The van der Waals surface area contributed by atoms with Gasteiger partial charge in [-0.15, -0.1) is 0 Å². The van der Waals surface area contributed by atoms with Crippen LogP contribution in [0.5, 0.6) is 0 Å². The molecule has 1 aliphatic carbocycles. The van der Waals surface area contributed by atoms with E-state index in [2.05, 4.69) is 34.5 Å². The molecule has 4 rings (SSSR count). The third kappa shape index (κ3) is 5.91. The normalized spacial score (nSPS) is 26.8. The number of aromatic amines is 1. The smallest absolute Gasteiger partial charge is 0.410 e. The minimum absolute atomic E-state index is 0.0277. The van der Waals surface area contributed by atoms with E-state index in [9.17, 15) is 13.6 Å². The Morgan fingerprint density at radius 3 is 2.58 bits per heavy atom. The fourth-order valence-electron chi connectivity index (χ4n) is 5.11. The molecule has 1 aromatic carbocycles. The number of halogens is 2. The number of aromatic nitrogens is 2. The molecule has 8 heteroatoms. The maximum atomic E-state index is 13.0. The SMILES string of the molecule is CC(OC(=O)N1CCC[C@H](c2cc[nH]n2)[C@@H]1CO[C@H]1CC[C@@H](c2ccccc2)CC1)C(F)F. The molecule has 180 valence electrons. The second-order valence-corrected chi connectivity index (χ2v) is 9.15. The van der Waals surface area contributed by atoms with Crippen LogP contribution in [0.15, 0.2) is 42.6 Å². The van der Waals surface area contributed by atoms with E-state index in [0.29, 0.717) is 19.1 Å². The highest BCUT2D eigenvalue weighted by atomic mass is 19.3. The van der Waals surface area contributed by atoms with Gasteiger partial charge in [-0.1, -0.05) is 30.3 Å². The van der Waals surface area contributed by atoms with Crippen molar-refractivity contribution in [1.29, 1.82) is 0 Å². The van der Waals surface area contributed by atoms with Crippen molar-refractivity contribution in [2.75, 3.05) is 13.2 Å². The second kappa shape index (κ2) is 11.1. The standard InChI is InChI=1S/C25H33F2N3O3/c1-17(24(26)27)33-25(31)30-15-5-8-21(22-13-14-28-29-22)23(30)16-32-20-11-9-19(10-12-20)18-6-3-2-4-7-18/h2-4,6-7,13-14,17,19-21,23-24H,5,8-12,15-16H2,1H3,(H,28,29)/t17?,19-,20+,21-,23+/m1/s1. The summed E-state index contributed by atoms with van der Waals surface area (Å²) in [5.41, 5.74) is 2.24. The Labute approximate surface area is 193 Å². The molecular weight excluding hydrogens is 428 g/mol. The highest BCUT2D eigenvalue weighted by Crippen LogP contribution is 2.36. The third-order valence-electron chi connectivity index (χ3n) is 7.01. The molecule has 0 radical (unpaired) electrons. The lowest BCUT2D eigenvalue weighted by atomic mass is 9.82. The first-order valence-electron chi connectivity index (χ1n) is 11.9. The molecule has 33 heavy (non-hydrogen) atoms. The Balaban J connectivity index is 1.39. The maximum absolute atomic E-state index is 13.0. The lowest BCUT2D eigenvalue weighted by Gasteiger charge is -2.41. The molecule has 6 nitrogen and oxygen atoms in total. The van der Waals surface area contributed by atoms with Crippen molar-refractivity contribution in [3.05, 3.63) is 53.9 Å². The zero-order chi connectivity index (χ0) is 23.2. The summed E-state index contributed by atoms with van der Waals surface area (Å²) in [7, 11) is 0. The van der Waals surface area contributed by atoms with E-state index in [4.69, 9.17) is 9.47 Å².